The fourth-order valence-electron chi connectivity index (χ4n) is 2.65. The van der Waals surface area contributed by atoms with Crippen LogP contribution in [0.25, 0.3) is 0 Å². The molecule has 1 heterocycles. The van der Waals surface area contributed by atoms with Crippen molar-refractivity contribution in [1.29, 1.82) is 0 Å². The molecule has 1 aromatic rings. The summed E-state index contributed by atoms with van der Waals surface area (Å²) in [5.41, 5.74) is 6.40. The molecule has 0 saturated carbocycles. The standard InChI is InChI=1S/C16H26N2O3/c1-18(10-13-6-8-20-9-7-13)11-14(19)12-21-16-5-3-2-4-15(16)17/h2-5,13-14,19H,6-12,17H2,1H3. The number of anilines is 1. The zero-order valence-electron chi connectivity index (χ0n) is 12.7. The lowest BCUT2D eigenvalue weighted by Crippen LogP contribution is -2.37. The highest BCUT2D eigenvalue weighted by molar-refractivity contribution is 5.51. The number of benzene rings is 1. The molecule has 0 bridgehead atoms. The van der Waals surface area contributed by atoms with Crippen molar-refractivity contribution in [3.05, 3.63) is 24.3 Å². The van der Waals surface area contributed by atoms with Crippen LogP contribution in [-0.4, -0.2) is 56.1 Å². The first-order chi connectivity index (χ1) is 10.1. The van der Waals surface area contributed by atoms with Gasteiger partial charge in [-0.3, -0.25) is 0 Å². The molecule has 118 valence electrons. The molecule has 1 aliphatic rings. The van der Waals surface area contributed by atoms with Crippen LogP contribution in [0.4, 0.5) is 5.69 Å². The fraction of sp³-hybridized carbons (Fsp3) is 0.625. The third-order valence-corrected chi connectivity index (χ3v) is 3.78. The molecular formula is C16H26N2O3. The third kappa shape index (κ3) is 5.53. The molecule has 1 aromatic carbocycles. The number of nitrogens with zero attached hydrogens (tertiary/aromatic N) is 1. The topological polar surface area (TPSA) is 68.0 Å². The van der Waals surface area contributed by atoms with Gasteiger partial charge in [-0.25, -0.2) is 0 Å². The van der Waals surface area contributed by atoms with E-state index in [4.69, 9.17) is 15.2 Å². The molecule has 1 unspecified atom stereocenters. The van der Waals surface area contributed by atoms with Gasteiger partial charge in [0.2, 0.25) is 0 Å². The molecular weight excluding hydrogens is 268 g/mol. The number of likely N-dealkylation sites (N-methyl/N-ethyl adjacent to an activating group) is 1. The second-order valence-corrected chi connectivity index (χ2v) is 5.78. The van der Waals surface area contributed by atoms with Gasteiger partial charge < -0.3 is 25.2 Å². The number of rotatable bonds is 7. The predicted molar refractivity (Wildman–Crippen MR) is 83.4 cm³/mol. The van der Waals surface area contributed by atoms with E-state index in [2.05, 4.69) is 4.90 Å². The lowest BCUT2D eigenvalue weighted by atomic mass is 10.00. The van der Waals surface area contributed by atoms with Crippen LogP contribution in [0.5, 0.6) is 5.75 Å². The molecule has 0 spiro atoms. The first-order valence-corrected chi connectivity index (χ1v) is 7.57. The zero-order valence-corrected chi connectivity index (χ0v) is 12.7. The van der Waals surface area contributed by atoms with Crippen LogP contribution in [0.2, 0.25) is 0 Å². The van der Waals surface area contributed by atoms with Crippen molar-refractivity contribution in [3.8, 4) is 5.75 Å². The summed E-state index contributed by atoms with van der Waals surface area (Å²) in [6.45, 7) is 3.57. The summed E-state index contributed by atoms with van der Waals surface area (Å²) >= 11 is 0. The van der Waals surface area contributed by atoms with E-state index in [1.165, 1.54) is 0 Å². The molecule has 1 fully saturated rings. The van der Waals surface area contributed by atoms with E-state index in [1.54, 1.807) is 6.07 Å². The van der Waals surface area contributed by atoms with Crippen molar-refractivity contribution in [1.82, 2.24) is 4.90 Å². The Bertz CT molecular complexity index is 422. The Balaban J connectivity index is 1.68. The summed E-state index contributed by atoms with van der Waals surface area (Å²) in [6, 6.07) is 7.34. The van der Waals surface area contributed by atoms with E-state index in [0.717, 1.165) is 32.6 Å². The van der Waals surface area contributed by atoms with E-state index in [9.17, 15) is 5.11 Å². The predicted octanol–water partition coefficient (Wildman–Crippen LogP) is 1.37. The largest absolute Gasteiger partial charge is 0.489 e. The van der Waals surface area contributed by atoms with Crippen molar-refractivity contribution >= 4 is 5.69 Å². The molecule has 0 aliphatic carbocycles. The highest BCUT2D eigenvalue weighted by Gasteiger charge is 2.17. The van der Waals surface area contributed by atoms with Gasteiger partial charge in [0.25, 0.3) is 0 Å². The molecule has 21 heavy (non-hydrogen) atoms. The number of aliphatic hydroxyl groups excluding tert-OH is 1. The van der Waals surface area contributed by atoms with Crippen molar-refractivity contribution in [2.75, 3.05) is 45.7 Å². The van der Waals surface area contributed by atoms with Crippen LogP contribution in [0.3, 0.4) is 0 Å². The van der Waals surface area contributed by atoms with Gasteiger partial charge in [-0.15, -0.1) is 0 Å². The van der Waals surface area contributed by atoms with Gasteiger partial charge in [-0.1, -0.05) is 12.1 Å². The van der Waals surface area contributed by atoms with Gasteiger partial charge in [0, 0.05) is 26.3 Å². The number of nitrogen functional groups attached to an aromatic ring is 1. The Morgan fingerprint density at radius 3 is 2.81 bits per heavy atom. The third-order valence-electron chi connectivity index (χ3n) is 3.78. The van der Waals surface area contributed by atoms with E-state index < -0.39 is 6.10 Å². The number of para-hydroxylation sites is 2. The van der Waals surface area contributed by atoms with Crippen LogP contribution in [0.1, 0.15) is 12.8 Å². The van der Waals surface area contributed by atoms with Crippen molar-refractivity contribution in [3.63, 3.8) is 0 Å². The first-order valence-electron chi connectivity index (χ1n) is 7.57. The molecule has 0 amide bonds. The zero-order chi connectivity index (χ0) is 15.1. The molecule has 1 atom stereocenters. The van der Waals surface area contributed by atoms with Crippen LogP contribution in [0, 0.1) is 5.92 Å². The Morgan fingerprint density at radius 2 is 2.10 bits per heavy atom. The smallest absolute Gasteiger partial charge is 0.142 e. The quantitative estimate of drug-likeness (QED) is 0.743. The highest BCUT2D eigenvalue weighted by Crippen LogP contribution is 2.20. The van der Waals surface area contributed by atoms with Crippen molar-refractivity contribution in [2.45, 2.75) is 18.9 Å². The lowest BCUT2D eigenvalue weighted by molar-refractivity contribution is 0.0400. The van der Waals surface area contributed by atoms with Gasteiger partial charge in [0.15, 0.2) is 0 Å². The molecule has 0 radical (unpaired) electrons. The molecule has 0 aromatic heterocycles. The average molecular weight is 294 g/mol. The van der Waals surface area contributed by atoms with Crippen LogP contribution in [-0.2, 0) is 4.74 Å². The van der Waals surface area contributed by atoms with Gasteiger partial charge in [-0.2, -0.15) is 0 Å². The lowest BCUT2D eigenvalue weighted by Gasteiger charge is -2.28. The summed E-state index contributed by atoms with van der Waals surface area (Å²) in [5.74, 6) is 1.30. The minimum atomic E-state index is -0.519. The minimum absolute atomic E-state index is 0.256. The van der Waals surface area contributed by atoms with Gasteiger partial charge in [0.1, 0.15) is 18.5 Å². The summed E-state index contributed by atoms with van der Waals surface area (Å²) in [4.78, 5) is 2.17. The van der Waals surface area contributed by atoms with Gasteiger partial charge >= 0.3 is 0 Å². The molecule has 1 aliphatic heterocycles. The van der Waals surface area contributed by atoms with Gasteiger partial charge in [0.05, 0.1) is 5.69 Å². The number of aliphatic hydroxyl groups is 1. The Kier molecular flexibility index (Phi) is 6.29. The maximum Gasteiger partial charge on any atom is 0.142 e. The molecule has 5 heteroatoms. The van der Waals surface area contributed by atoms with E-state index >= 15 is 0 Å². The van der Waals surface area contributed by atoms with Gasteiger partial charge in [-0.05, 0) is 37.9 Å². The maximum atomic E-state index is 10.1. The number of nitrogens with two attached hydrogens (primary N) is 1. The maximum absolute atomic E-state index is 10.1. The molecule has 1 saturated heterocycles. The Morgan fingerprint density at radius 1 is 1.38 bits per heavy atom. The van der Waals surface area contributed by atoms with Crippen molar-refractivity contribution in [2.24, 2.45) is 5.92 Å². The van der Waals surface area contributed by atoms with Crippen LogP contribution < -0.4 is 10.5 Å². The Labute approximate surface area is 126 Å². The monoisotopic (exact) mass is 294 g/mol. The fourth-order valence-corrected chi connectivity index (χ4v) is 2.65. The number of hydrogen-bond acceptors (Lipinski definition) is 5. The highest BCUT2D eigenvalue weighted by atomic mass is 16.5. The summed E-state index contributed by atoms with van der Waals surface area (Å²) in [7, 11) is 2.04. The molecule has 3 N–H and O–H groups in total. The SMILES string of the molecule is CN(CC(O)COc1ccccc1N)CC1CCOCC1. The molecule has 5 nitrogen and oxygen atoms in total. The van der Waals surface area contributed by atoms with Crippen molar-refractivity contribution < 1.29 is 14.6 Å². The Hall–Kier alpha value is -1.30. The van der Waals surface area contributed by atoms with Crippen LogP contribution >= 0.6 is 0 Å². The molecule has 2 rings (SSSR count). The van der Waals surface area contributed by atoms with Crippen LogP contribution in [0.15, 0.2) is 24.3 Å². The average Bonchev–Trinajstić information content (AvgIpc) is 2.47. The minimum Gasteiger partial charge on any atom is -0.489 e. The second-order valence-electron chi connectivity index (χ2n) is 5.78. The van der Waals surface area contributed by atoms with E-state index in [-0.39, 0.29) is 6.61 Å². The summed E-state index contributed by atoms with van der Waals surface area (Å²) in [6.07, 6.45) is 1.70. The van der Waals surface area contributed by atoms with E-state index in [1.807, 2.05) is 25.2 Å². The number of ether oxygens (including phenoxy) is 2. The summed E-state index contributed by atoms with van der Waals surface area (Å²) < 4.78 is 10.9. The number of hydrogen-bond donors (Lipinski definition) is 2. The normalized spacial score (nSPS) is 17.9. The van der Waals surface area contributed by atoms with E-state index in [0.29, 0.717) is 23.9 Å². The first kappa shape index (κ1) is 16.1. The second kappa shape index (κ2) is 8.22. The summed E-state index contributed by atoms with van der Waals surface area (Å²) in [5, 5.41) is 10.1.